The lowest BCUT2D eigenvalue weighted by Gasteiger charge is -2.15. The maximum absolute atomic E-state index is 12.3. The van der Waals surface area contributed by atoms with Gasteiger partial charge in [0, 0.05) is 5.56 Å². The molecular formula is C24H39N3O2. The van der Waals surface area contributed by atoms with E-state index < -0.39 is 5.54 Å². The van der Waals surface area contributed by atoms with Crippen LogP contribution in [0.25, 0.3) is 0 Å². The largest absolute Gasteiger partial charge is 0.494 e. The molecule has 1 fully saturated rings. The summed E-state index contributed by atoms with van der Waals surface area (Å²) in [6.45, 7) is 2.98. The zero-order chi connectivity index (χ0) is 21.0. The van der Waals surface area contributed by atoms with Gasteiger partial charge in [0.2, 0.25) is 0 Å². The van der Waals surface area contributed by atoms with E-state index in [4.69, 9.17) is 15.9 Å². The molecule has 0 unspecified atom stereocenters. The minimum Gasteiger partial charge on any atom is -0.494 e. The zero-order valence-corrected chi connectivity index (χ0v) is 18.1. The molecule has 29 heavy (non-hydrogen) atoms. The average molecular weight is 402 g/mol. The topological polar surface area (TPSA) is 88.2 Å². The number of rotatable bonds is 16. The Balaban J connectivity index is 1.51. The monoisotopic (exact) mass is 401 g/mol. The molecule has 2 rings (SSSR count). The molecule has 0 bridgehead atoms. The molecule has 0 aliphatic heterocycles. The molecule has 0 spiro atoms. The minimum atomic E-state index is -0.610. The lowest BCUT2D eigenvalue weighted by molar-refractivity contribution is 0.0943. The van der Waals surface area contributed by atoms with Crippen molar-refractivity contribution in [1.82, 2.24) is 5.32 Å². The van der Waals surface area contributed by atoms with Crippen molar-refractivity contribution in [3.63, 3.8) is 0 Å². The van der Waals surface area contributed by atoms with E-state index in [1.165, 1.54) is 64.2 Å². The maximum Gasteiger partial charge on any atom is 0.252 e. The summed E-state index contributed by atoms with van der Waals surface area (Å²) in [6, 6.07) is 7.20. The molecular weight excluding hydrogens is 362 g/mol. The molecule has 5 heteroatoms. The van der Waals surface area contributed by atoms with Gasteiger partial charge in [-0.15, -0.1) is 0 Å². The lowest BCUT2D eigenvalue weighted by Crippen LogP contribution is -2.46. The second kappa shape index (κ2) is 12.5. The third-order valence-electron chi connectivity index (χ3n) is 5.75. The quantitative estimate of drug-likeness (QED) is 0.192. The summed E-state index contributed by atoms with van der Waals surface area (Å²) in [7, 11) is 0. The van der Waals surface area contributed by atoms with Crippen molar-refractivity contribution in [2.75, 3.05) is 6.61 Å². The van der Waals surface area contributed by atoms with Gasteiger partial charge in [-0.2, -0.15) is 0 Å². The van der Waals surface area contributed by atoms with Gasteiger partial charge >= 0.3 is 0 Å². The Morgan fingerprint density at radius 1 is 0.966 bits per heavy atom. The highest BCUT2D eigenvalue weighted by Gasteiger charge is 2.47. The molecule has 1 aromatic carbocycles. The smallest absolute Gasteiger partial charge is 0.252 e. The second-order valence-corrected chi connectivity index (χ2v) is 8.36. The van der Waals surface area contributed by atoms with Crippen LogP contribution >= 0.6 is 0 Å². The van der Waals surface area contributed by atoms with E-state index in [0.717, 1.165) is 31.6 Å². The van der Waals surface area contributed by atoms with Gasteiger partial charge in [-0.25, -0.2) is 0 Å². The van der Waals surface area contributed by atoms with Gasteiger partial charge < -0.3 is 15.8 Å². The molecule has 0 saturated heterocycles. The van der Waals surface area contributed by atoms with Crippen LogP contribution in [0.1, 0.15) is 101 Å². The Morgan fingerprint density at radius 3 is 1.97 bits per heavy atom. The standard InChI is InChI=1S/C24H39N3O2/c1-2-3-4-5-6-7-8-9-10-11-12-19-29-21-15-13-20(14-16-21)22(28)27-24(17-18-24)23(25)26/h13-16H,2-12,17-19H2,1H3,(H3,25,26)(H,27,28). The number of carbonyl (C=O) groups is 1. The zero-order valence-electron chi connectivity index (χ0n) is 18.1. The van der Waals surface area contributed by atoms with Crippen molar-refractivity contribution in [2.24, 2.45) is 5.73 Å². The Bertz CT molecular complexity index is 624. The molecule has 4 N–H and O–H groups in total. The predicted octanol–water partition coefficient (Wildman–Crippen LogP) is 5.57. The summed E-state index contributed by atoms with van der Waals surface area (Å²) in [5.74, 6) is 0.647. The number of hydrogen-bond donors (Lipinski definition) is 3. The summed E-state index contributed by atoms with van der Waals surface area (Å²) in [5, 5.41) is 10.4. The van der Waals surface area contributed by atoms with E-state index in [2.05, 4.69) is 12.2 Å². The highest BCUT2D eigenvalue weighted by atomic mass is 16.5. The number of nitrogens with one attached hydrogen (secondary N) is 2. The van der Waals surface area contributed by atoms with Crippen LogP contribution in [-0.4, -0.2) is 23.9 Å². The molecule has 1 aliphatic rings. The van der Waals surface area contributed by atoms with Crippen LogP contribution in [0, 0.1) is 5.41 Å². The highest BCUT2D eigenvalue weighted by Crippen LogP contribution is 2.35. The Morgan fingerprint density at radius 2 is 1.48 bits per heavy atom. The first-order chi connectivity index (χ1) is 14.1. The summed E-state index contributed by atoms with van der Waals surface area (Å²) in [5.41, 5.74) is 5.53. The van der Waals surface area contributed by atoms with Crippen LogP contribution in [0.2, 0.25) is 0 Å². The van der Waals surface area contributed by atoms with Crippen molar-refractivity contribution in [3.8, 4) is 5.75 Å². The van der Waals surface area contributed by atoms with Gasteiger partial charge in [0.05, 0.1) is 12.1 Å². The maximum atomic E-state index is 12.3. The van der Waals surface area contributed by atoms with Gasteiger partial charge in [-0.1, -0.05) is 71.1 Å². The fourth-order valence-corrected chi connectivity index (χ4v) is 3.53. The van der Waals surface area contributed by atoms with Gasteiger partial charge in [0.25, 0.3) is 5.91 Å². The number of unbranched alkanes of at least 4 members (excludes halogenated alkanes) is 10. The van der Waals surface area contributed by atoms with E-state index in [1.807, 2.05) is 12.1 Å². The Kier molecular flexibility index (Phi) is 10.0. The third-order valence-corrected chi connectivity index (χ3v) is 5.75. The SMILES string of the molecule is CCCCCCCCCCCCCOc1ccc(C(=O)NC2(C(=N)N)CC2)cc1. The first-order valence-electron chi connectivity index (χ1n) is 11.5. The second-order valence-electron chi connectivity index (χ2n) is 8.36. The number of nitrogens with two attached hydrogens (primary N) is 1. The van der Waals surface area contributed by atoms with E-state index in [1.54, 1.807) is 12.1 Å². The predicted molar refractivity (Wildman–Crippen MR) is 120 cm³/mol. The van der Waals surface area contributed by atoms with Gasteiger partial charge in [0.15, 0.2) is 0 Å². The molecule has 1 saturated carbocycles. The molecule has 1 amide bonds. The minimum absolute atomic E-state index is 0.0396. The van der Waals surface area contributed by atoms with E-state index in [9.17, 15) is 4.79 Å². The molecule has 0 radical (unpaired) electrons. The fraction of sp³-hybridized carbons (Fsp3) is 0.667. The normalized spacial score (nSPS) is 14.4. The van der Waals surface area contributed by atoms with Crippen LogP contribution < -0.4 is 15.8 Å². The van der Waals surface area contributed by atoms with Gasteiger partial charge in [-0.05, 0) is 43.5 Å². The number of carbonyl (C=O) groups excluding carboxylic acids is 1. The Labute approximate surface area is 176 Å². The van der Waals surface area contributed by atoms with Gasteiger partial charge in [0.1, 0.15) is 11.6 Å². The summed E-state index contributed by atoms with van der Waals surface area (Å²) in [4.78, 5) is 12.3. The summed E-state index contributed by atoms with van der Waals surface area (Å²) >= 11 is 0. The van der Waals surface area contributed by atoms with E-state index in [-0.39, 0.29) is 11.7 Å². The number of amides is 1. The molecule has 162 valence electrons. The highest BCUT2D eigenvalue weighted by molar-refractivity contribution is 6.01. The molecule has 1 aliphatic carbocycles. The fourth-order valence-electron chi connectivity index (χ4n) is 3.53. The molecule has 0 heterocycles. The first-order valence-corrected chi connectivity index (χ1v) is 11.5. The average Bonchev–Trinajstić information content (AvgIpc) is 3.50. The van der Waals surface area contributed by atoms with Gasteiger partial charge in [-0.3, -0.25) is 10.2 Å². The van der Waals surface area contributed by atoms with Crippen molar-refractivity contribution in [2.45, 2.75) is 95.9 Å². The van der Waals surface area contributed by atoms with Crippen LogP contribution in [0.4, 0.5) is 0 Å². The summed E-state index contributed by atoms with van der Waals surface area (Å²) < 4.78 is 5.79. The van der Waals surface area contributed by atoms with Crippen LogP contribution in [-0.2, 0) is 0 Å². The lowest BCUT2D eigenvalue weighted by atomic mass is 10.1. The van der Waals surface area contributed by atoms with Crippen LogP contribution in [0.5, 0.6) is 5.75 Å². The van der Waals surface area contributed by atoms with E-state index >= 15 is 0 Å². The number of hydrogen-bond acceptors (Lipinski definition) is 3. The van der Waals surface area contributed by atoms with Crippen LogP contribution in [0.3, 0.4) is 0 Å². The number of amidine groups is 1. The number of benzene rings is 1. The van der Waals surface area contributed by atoms with Crippen molar-refractivity contribution >= 4 is 11.7 Å². The van der Waals surface area contributed by atoms with Crippen molar-refractivity contribution in [3.05, 3.63) is 29.8 Å². The third kappa shape index (κ3) is 8.46. The number of ether oxygens (including phenoxy) is 1. The Hall–Kier alpha value is -2.04. The van der Waals surface area contributed by atoms with E-state index in [0.29, 0.717) is 5.56 Å². The molecule has 0 aromatic heterocycles. The molecule has 0 atom stereocenters. The van der Waals surface area contributed by atoms with Crippen molar-refractivity contribution < 1.29 is 9.53 Å². The molecule has 1 aromatic rings. The first kappa shape index (κ1) is 23.2. The van der Waals surface area contributed by atoms with Crippen molar-refractivity contribution in [1.29, 1.82) is 5.41 Å². The molecule has 5 nitrogen and oxygen atoms in total. The van der Waals surface area contributed by atoms with Crippen LogP contribution in [0.15, 0.2) is 24.3 Å². The summed E-state index contributed by atoms with van der Waals surface area (Å²) in [6.07, 6.45) is 16.0.